The minimum absolute atomic E-state index is 0.194. The quantitative estimate of drug-likeness (QED) is 0.741. The summed E-state index contributed by atoms with van der Waals surface area (Å²) in [6.45, 7) is 4.18. The number of carbonyl (C=O) groups excluding carboxylic acids is 1. The molecular weight excluding hydrogens is 315 g/mol. The van der Waals surface area contributed by atoms with Crippen LogP contribution < -0.4 is 5.32 Å². The molecule has 1 aliphatic rings. The van der Waals surface area contributed by atoms with E-state index in [2.05, 4.69) is 19.2 Å². The van der Waals surface area contributed by atoms with Crippen molar-refractivity contribution in [2.24, 2.45) is 0 Å². The zero-order valence-corrected chi connectivity index (χ0v) is 13.2. The van der Waals surface area contributed by atoms with Crippen LogP contribution in [-0.4, -0.2) is 5.91 Å². The van der Waals surface area contributed by atoms with E-state index in [1.54, 1.807) is 6.08 Å². The third-order valence-electron chi connectivity index (χ3n) is 4.04. The second-order valence-corrected chi connectivity index (χ2v) is 6.09. The molecule has 1 heterocycles. The smallest absolute Gasteiger partial charge is 0.321 e. The van der Waals surface area contributed by atoms with Crippen LogP contribution in [0.25, 0.3) is 11.6 Å². The fourth-order valence-corrected chi connectivity index (χ4v) is 2.66. The summed E-state index contributed by atoms with van der Waals surface area (Å²) in [5.74, 6) is 0.0141. The molecule has 24 heavy (non-hydrogen) atoms. The Balaban J connectivity index is 1.97. The molecule has 0 atom stereocenters. The minimum atomic E-state index is -4.43. The van der Waals surface area contributed by atoms with Gasteiger partial charge in [-0.05, 0) is 35.3 Å². The second kappa shape index (κ2) is 5.82. The van der Waals surface area contributed by atoms with Crippen LogP contribution in [0.15, 0.2) is 42.5 Å². The van der Waals surface area contributed by atoms with Crippen LogP contribution in [0.2, 0.25) is 0 Å². The number of carbonyl (C=O) groups is 1. The van der Waals surface area contributed by atoms with E-state index in [0.717, 1.165) is 17.7 Å². The van der Waals surface area contributed by atoms with Crippen LogP contribution in [0.4, 0.5) is 18.9 Å². The van der Waals surface area contributed by atoms with Crippen molar-refractivity contribution < 1.29 is 18.0 Å². The molecule has 2 aromatic carbocycles. The van der Waals surface area contributed by atoms with E-state index in [1.165, 1.54) is 11.6 Å². The van der Waals surface area contributed by atoms with Gasteiger partial charge in [0.05, 0.1) is 5.56 Å². The molecule has 1 N–H and O–H groups in total. The topological polar surface area (TPSA) is 29.1 Å². The number of amides is 1. The van der Waals surface area contributed by atoms with Gasteiger partial charge in [-0.1, -0.05) is 44.2 Å². The van der Waals surface area contributed by atoms with Gasteiger partial charge in [0, 0.05) is 16.8 Å². The first-order valence-corrected chi connectivity index (χ1v) is 7.60. The molecule has 0 spiro atoms. The molecule has 5 heteroatoms. The Morgan fingerprint density at radius 3 is 2.29 bits per heavy atom. The van der Waals surface area contributed by atoms with Crippen molar-refractivity contribution >= 4 is 23.2 Å². The molecule has 0 unspecified atom stereocenters. The van der Waals surface area contributed by atoms with E-state index in [0.29, 0.717) is 17.1 Å². The molecule has 0 fully saturated rings. The zero-order chi connectivity index (χ0) is 17.5. The van der Waals surface area contributed by atoms with Gasteiger partial charge in [-0.3, -0.25) is 4.79 Å². The van der Waals surface area contributed by atoms with E-state index >= 15 is 0 Å². The van der Waals surface area contributed by atoms with Crippen molar-refractivity contribution in [3.63, 3.8) is 0 Å². The number of fused-ring (bicyclic) bond motifs is 1. The van der Waals surface area contributed by atoms with Gasteiger partial charge in [0.15, 0.2) is 0 Å². The first-order chi connectivity index (χ1) is 11.3. The molecule has 2 aromatic rings. The number of nitrogens with one attached hydrogen (secondary N) is 1. The third kappa shape index (κ3) is 3.07. The Morgan fingerprint density at radius 2 is 1.71 bits per heavy atom. The lowest BCUT2D eigenvalue weighted by molar-refractivity contribution is -0.137. The van der Waals surface area contributed by atoms with Crippen molar-refractivity contribution in [3.05, 3.63) is 64.7 Å². The Morgan fingerprint density at radius 1 is 1.04 bits per heavy atom. The number of benzene rings is 2. The summed E-state index contributed by atoms with van der Waals surface area (Å²) in [5, 5.41) is 2.50. The van der Waals surface area contributed by atoms with Crippen LogP contribution in [0.1, 0.15) is 42.0 Å². The van der Waals surface area contributed by atoms with E-state index in [-0.39, 0.29) is 5.69 Å². The number of halogens is 3. The number of rotatable bonds is 2. The third-order valence-corrected chi connectivity index (χ3v) is 4.04. The van der Waals surface area contributed by atoms with Crippen molar-refractivity contribution in [3.8, 4) is 0 Å². The van der Waals surface area contributed by atoms with Crippen LogP contribution in [0.3, 0.4) is 0 Å². The highest BCUT2D eigenvalue weighted by atomic mass is 19.4. The van der Waals surface area contributed by atoms with E-state index in [1.807, 2.05) is 24.3 Å². The summed E-state index contributed by atoms with van der Waals surface area (Å²) in [4.78, 5) is 12.1. The van der Waals surface area contributed by atoms with E-state index < -0.39 is 17.6 Å². The molecule has 0 aromatic heterocycles. The van der Waals surface area contributed by atoms with Gasteiger partial charge in [-0.25, -0.2) is 0 Å². The summed E-state index contributed by atoms with van der Waals surface area (Å²) in [6.07, 6.45) is -2.74. The Bertz CT molecular complexity index is 817. The molecule has 0 bridgehead atoms. The largest absolute Gasteiger partial charge is 0.416 e. The molecule has 0 radical (unpaired) electrons. The highest BCUT2D eigenvalue weighted by Gasteiger charge is 2.33. The minimum Gasteiger partial charge on any atom is -0.321 e. The average molecular weight is 331 g/mol. The first-order valence-electron chi connectivity index (χ1n) is 7.60. The number of anilines is 1. The Labute approximate surface area is 138 Å². The SMILES string of the molecule is CC(C)c1ccc(/C=C2\C(=O)Nc3cc(C(F)(F)F)ccc32)cc1. The van der Waals surface area contributed by atoms with Gasteiger partial charge in [-0.15, -0.1) is 0 Å². The van der Waals surface area contributed by atoms with E-state index in [9.17, 15) is 18.0 Å². The average Bonchev–Trinajstić information content (AvgIpc) is 2.82. The molecule has 3 rings (SSSR count). The summed E-state index contributed by atoms with van der Waals surface area (Å²) >= 11 is 0. The molecule has 2 nitrogen and oxygen atoms in total. The van der Waals surface area contributed by atoms with Crippen molar-refractivity contribution in [1.82, 2.24) is 0 Å². The molecule has 124 valence electrons. The normalized spacial score (nSPS) is 15.8. The molecule has 0 saturated carbocycles. The lowest BCUT2D eigenvalue weighted by Crippen LogP contribution is -2.06. The molecule has 1 aliphatic heterocycles. The van der Waals surface area contributed by atoms with Crippen LogP contribution in [-0.2, 0) is 11.0 Å². The lowest BCUT2D eigenvalue weighted by Gasteiger charge is -2.08. The highest BCUT2D eigenvalue weighted by molar-refractivity contribution is 6.34. The second-order valence-electron chi connectivity index (χ2n) is 6.09. The van der Waals surface area contributed by atoms with Gasteiger partial charge < -0.3 is 5.32 Å². The fraction of sp³-hybridized carbons (Fsp3) is 0.211. The van der Waals surface area contributed by atoms with Crippen LogP contribution in [0, 0.1) is 0 Å². The molecule has 0 saturated heterocycles. The molecule has 1 amide bonds. The van der Waals surface area contributed by atoms with Crippen LogP contribution in [0.5, 0.6) is 0 Å². The van der Waals surface area contributed by atoms with Crippen LogP contribution >= 0.6 is 0 Å². The molecular formula is C19H16F3NO. The van der Waals surface area contributed by atoms with Gasteiger partial charge >= 0.3 is 6.18 Å². The molecule has 0 aliphatic carbocycles. The van der Waals surface area contributed by atoms with Crippen molar-refractivity contribution in [2.45, 2.75) is 25.9 Å². The van der Waals surface area contributed by atoms with Gasteiger partial charge in [0.25, 0.3) is 5.91 Å². The maximum absolute atomic E-state index is 12.8. The number of hydrogen-bond acceptors (Lipinski definition) is 1. The Hall–Kier alpha value is -2.56. The summed E-state index contributed by atoms with van der Waals surface area (Å²) in [5.41, 5.74) is 2.29. The monoisotopic (exact) mass is 331 g/mol. The first kappa shape index (κ1) is 16.3. The fourth-order valence-electron chi connectivity index (χ4n) is 2.66. The maximum Gasteiger partial charge on any atom is 0.416 e. The van der Waals surface area contributed by atoms with E-state index in [4.69, 9.17) is 0 Å². The summed E-state index contributed by atoms with van der Waals surface area (Å²) < 4.78 is 38.3. The number of alkyl halides is 3. The predicted molar refractivity (Wildman–Crippen MR) is 88.5 cm³/mol. The van der Waals surface area contributed by atoms with Crippen molar-refractivity contribution in [1.29, 1.82) is 0 Å². The number of hydrogen-bond donors (Lipinski definition) is 1. The van der Waals surface area contributed by atoms with Gasteiger partial charge in [0.1, 0.15) is 0 Å². The summed E-state index contributed by atoms with van der Waals surface area (Å²) in [7, 11) is 0. The summed E-state index contributed by atoms with van der Waals surface area (Å²) in [6, 6.07) is 11.1. The van der Waals surface area contributed by atoms with Gasteiger partial charge in [-0.2, -0.15) is 13.2 Å². The van der Waals surface area contributed by atoms with Crippen molar-refractivity contribution in [2.75, 3.05) is 5.32 Å². The highest BCUT2D eigenvalue weighted by Crippen LogP contribution is 2.38. The lowest BCUT2D eigenvalue weighted by atomic mass is 9.99. The zero-order valence-electron chi connectivity index (χ0n) is 13.2. The predicted octanol–water partition coefficient (Wildman–Crippen LogP) is 5.32. The Kier molecular flexibility index (Phi) is 3.95. The maximum atomic E-state index is 12.8. The standard InChI is InChI=1S/C19H16F3NO/c1-11(2)13-5-3-12(4-6-13)9-16-15-8-7-14(19(20,21)22)10-17(15)23-18(16)24/h3-11H,1-2H3,(H,23,24)/b16-9-. The van der Waals surface area contributed by atoms with Gasteiger partial charge in [0.2, 0.25) is 0 Å².